The summed E-state index contributed by atoms with van der Waals surface area (Å²) in [6.45, 7) is 2.58. The van der Waals surface area contributed by atoms with Crippen LogP contribution < -0.4 is 4.74 Å². The minimum Gasteiger partial charge on any atom is -0.490 e. The fraction of sp³-hybridized carbons (Fsp3) is 0.647. The van der Waals surface area contributed by atoms with Gasteiger partial charge in [0, 0.05) is 0 Å². The first-order valence-electron chi connectivity index (χ1n) is 7.94. The molecular formula is C17H23BF2O. The third kappa shape index (κ3) is 4.21. The Morgan fingerprint density at radius 1 is 1.10 bits per heavy atom. The van der Waals surface area contributed by atoms with Crippen molar-refractivity contribution in [2.45, 2.75) is 57.7 Å². The highest BCUT2D eigenvalue weighted by Gasteiger charge is 2.25. The molecule has 1 fully saturated rings. The van der Waals surface area contributed by atoms with Gasteiger partial charge in [-0.05, 0) is 42.7 Å². The average Bonchev–Trinajstić information content (AvgIpc) is 2.49. The van der Waals surface area contributed by atoms with Crippen molar-refractivity contribution in [1.82, 2.24) is 0 Å². The molecule has 0 amide bonds. The summed E-state index contributed by atoms with van der Waals surface area (Å²) in [6.07, 6.45) is 6.20. The molecular weight excluding hydrogens is 269 g/mol. The topological polar surface area (TPSA) is 9.23 Å². The van der Waals surface area contributed by atoms with Crippen LogP contribution in [0.5, 0.6) is 5.75 Å². The number of benzene rings is 1. The molecule has 114 valence electrons. The van der Waals surface area contributed by atoms with Crippen LogP contribution in [0.3, 0.4) is 0 Å². The molecule has 2 radical (unpaired) electrons. The zero-order valence-electron chi connectivity index (χ0n) is 12.7. The van der Waals surface area contributed by atoms with Crippen LogP contribution in [0.2, 0.25) is 6.32 Å². The number of unbranched alkanes of at least 4 members (excludes halogenated alkanes) is 1. The summed E-state index contributed by atoms with van der Waals surface area (Å²) in [5, 5.41) is 0. The van der Waals surface area contributed by atoms with E-state index >= 15 is 0 Å². The Bertz CT molecular complexity index is 456. The minimum atomic E-state index is -0.848. The van der Waals surface area contributed by atoms with Gasteiger partial charge in [-0.2, -0.15) is 4.39 Å². The van der Waals surface area contributed by atoms with E-state index in [0.29, 0.717) is 24.4 Å². The first kappa shape index (κ1) is 16.3. The lowest BCUT2D eigenvalue weighted by Gasteiger charge is -2.27. The van der Waals surface area contributed by atoms with Gasteiger partial charge in [-0.1, -0.05) is 38.6 Å². The zero-order chi connectivity index (χ0) is 15.2. The Morgan fingerprint density at radius 2 is 1.81 bits per heavy atom. The van der Waals surface area contributed by atoms with E-state index in [2.05, 4.69) is 6.92 Å². The molecule has 0 saturated heterocycles. The Kier molecular flexibility index (Phi) is 6.07. The summed E-state index contributed by atoms with van der Waals surface area (Å²) in [7, 11) is 5.38. The van der Waals surface area contributed by atoms with E-state index in [4.69, 9.17) is 12.6 Å². The number of rotatable bonds is 6. The number of hydrogen-bond donors (Lipinski definition) is 0. The molecule has 21 heavy (non-hydrogen) atoms. The molecule has 1 aliphatic rings. The van der Waals surface area contributed by atoms with Crippen LogP contribution in [0.15, 0.2) is 12.1 Å². The molecule has 1 aromatic carbocycles. The summed E-state index contributed by atoms with van der Waals surface area (Å²) in [6, 6.07) is 3.26. The lowest BCUT2D eigenvalue weighted by Crippen LogP contribution is -2.13. The zero-order valence-corrected chi connectivity index (χ0v) is 12.7. The van der Waals surface area contributed by atoms with Crippen LogP contribution in [0.1, 0.15) is 56.9 Å². The molecule has 2 rings (SSSR count). The van der Waals surface area contributed by atoms with Gasteiger partial charge in [0.2, 0.25) is 5.82 Å². The predicted molar refractivity (Wildman–Crippen MR) is 82.0 cm³/mol. The molecule has 1 aliphatic carbocycles. The Hall–Kier alpha value is -1.06. The maximum absolute atomic E-state index is 14.2. The molecule has 0 aliphatic heterocycles. The minimum absolute atomic E-state index is 0.0115. The first-order chi connectivity index (χ1) is 10.1. The molecule has 0 unspecified atom stereocenters. The molecule has 0 atom stereocenters. The lowest BCUT2D eigenvalue weighted by atomic mass is 9.79. The fourth-order valence-corrected chi connectivity index (χ4v) is 2.97. The van der Waals surface area contributed by atoms with Gasteiger partial charge in [-0.3, -0.25) is 0 Å². The van der Waals surface area contributed by atoms with Crippen LogP contribution in [-0.4, -0.2) is 14.5 Å². The standard InChI is InChI=1S/C17H23BF2O/c1-12-4-6-13(7-5-12)14-8-9-15(17(20)16(14)19)21-11-3-2-10-18/h8-9,12-13H,2-7,10-11H2,1H3. The van der Waals surface area contributed by atoms with Crippen molar-refractivity contribution in [2.75, 3.05) is 6.61 Å². The normalized spacial score (nSPS) is 22.2. The van der Waals surface area contributed by atoms with Crippen molar-refractivity contribution >= 4 is 7.85 Å². The summed E-state index contributed by atoms with van der Waals surface area (Å²) in [4.78, 5) is 0. The van der Waals surface area contributed by atoms with Gasteiger partial charge in [-0.15, -0.1) is 0 Å². The molecule has 0 heterocycles. The SMILES string of the molecule is [B]CCCCOc1ccc(C2CCC(C)CC2)c(F)c1F. The molecule has 0 bridgehead atoms. The average molecular weight is 292 g/mol. The summed E-state index contributed by atoms with van der Waals surface area (Å²) in [5.74, 6) is -0.733. The van der Waals surface area contributed by atoms with E-state index in [1.165, 1.54) is 0 Å². The van der Waals surface area contributed by atoms with Crippen molar-refractivity contribution in [1.29, 1.82) is 0 Å². The van der Waals surface area contributed by atoms with E-state index < -0.39 is 11.6 Å². The summed E-state index contributed by atoms with van der Waals surface area (Å²) in [5.41, 5.74) is 0.508. The van der Waals surface area contributed by atoms with E-state index in [1.807, 2.05) is 0 Å². The van der Waals surface area contributed by atoms with Gasteiger partial charge >= 0.3 is 0 Å². The molecule has 0 aromatic heterocycles. The van der Waals surface area contributed by atoms with Gasteiger partial charge in [0.1, 0.15) is 0 Å². The number of hydrogen-bond acceptors (Lipinski definition) is 1. The van der Waals surface area contributed by atoms with E-state index in [0.717, 1.165) is 38.5 Å². The Labute approximate surface area is 127 Å². The first-order valence-corrected chi connectivity index (χ1v) is 7.94. The molecule has 4 heteroatoms. The van der Waals surface area contributed by atoms with Crippen molar-refractivity contribution in [3.8, 4) is 5.75 Å². The maximum atomic E-state index is 14.2. The smallest absolute Gasteiger partial charge is 0.200 e. The quantitative estimate of drug-likeness (QED) is 0.529. The molecule has 0 spiro atoms. The van der Waals surface area contributed by atoms with E-state index in [1.54, 1.807) is 12.1 Å². The highest BCUT2D eigenvalue weighted by Crippen LogP contribution is 2.38. The Balaban J connectivity index is 2.03. The number of ether oxygens (including phenoxy) is 1. The van der Waals surface area contributed by atoms with Crippen LogP contribution >= 0.6 is 0 Å². The highest BCUT2D eigenvalue weighted by atomic mass is 19.2. The third-order valence-corrected chi connectivity index (χ3v) is 4.39. The van der Waals surface area contributed by atoms with Gasteiger partial charge in [0.15, 0.2) is 11.6 Å². The third-order valence-electron chi connectivity index (χ3n) is 4.39. The van der Waals surface area contributed by atoms with E-state index in [-0.39, 0.29) is 11.7 Å². The van der Waals surface area contributed by atoms with Crippen LogP contribution in [0.25, 0.3) is 0 Å². The second-order valence-electron chi connectivity index (χ2n) is 6.08. The summed E-state index contributed by atoms with van der Waals surface area (Å²) < 4.78 is 33.6. The Morgan fingerprint density at radius 3 is 2.48 bits per heavy atom. The molecule has 1 saturated carbocycles. The van der Waals surface area contributed by atoms with Gasteiger partial charge < -0.3 is 4.74 Å². The van der Waals surface area contributed by atoms with Crippen molar-refractivity contribution in [2.24, 2.45) is 5.92 Å². The van der Waals surface area contributed by atoms with Crippen LogP contribution in [0.4, 0.5) is 8.78 Å². The van der Waals surface area contributed by atoms with Crippen LogP contribution in [0, 0.1) is 17.6 Å². The number of halogens is 2. The predicted octanol–water partition coefficient (Wildman–Crippen LogP) is 5.00. The van der Waals surface area contributed by atoms with Crippen molar-refractivity contribution in [3.63, 3.8) is 0 Å². The molecule has 1 nitrogen and oxygen atoms in total. The summed E-state index contributed by atoms with van der Waals surface area (Å²) >= 11 is 0. The lowest BCUT2D eigenvalue weighted by molar-refractivity contribution is 0.286. The maximum Gasteiger partial charge on any atom is 0.200 e. The van der Waals surface area contributed by atoms with E-state index in [9.17, 15) is 8.78 Å². The molecule has 1 aromatic rings. The molecule has 0 N–H and O–H groups in total. The van der Waals surface area contributed by atoms with Gasteiger partial charge in [-0.25, -0.2) is 4.39 Å². The largest absolute Gasteiger partial charge is 0.490 e. The highest BCUT2D eigenvalue weighted by molar-refractivity contribution is 6.08. The van der Waals surface area contributed by atoms with Gasteiger partial charge in [0.25, 0.3) is 0 Å². The van der Waals surface area contributed by atoms with Crippen molar-refractivity contribution < 1.29 is 13.5 Å². The fourth-order valence-electron chi connectivity index (χ4n) is 2.97. The monoisotopic (exact) mass is 292 g/mol. The second kappa shape index (κ2) is 7.81. The van der Waals surface area contributed by atoms with Crippen molar-refractivity contribution in [3.05, 3.63) is 29.3 Å². The second-order valence-corrected chi connectivity index (χ2v) is 6.08. The van der Waals surface area contributed by atoms with Gasteiger partial charge in [0.05, 0.1) is 14.5 Å². The van der Waals surface area contributed by atoms with Crippen LogP contribution in [-0.2, 0) is 0 Å².